The van der Waals surface area contributed by atoms with Crippen LogP contribution in [0.4, 0.5) is 0 Å². The second-order valence-electron chi connectivity index (χ2n) is 7.68. The Balaban J connectivity index is 1.56. The molecule has 1 atom stereocenters. The molecule has 5 N–H and O–H groups in total. The van der Waals surface area contributed by atoms with Crippen molar-refractivity contribution in [2.75, 3.05) is 32.7 Å². The minimum Gasteiger partial charge on any atom is -0.370 e. The van der Waals surface area contributed by atoms with Crippen LogP contribution in [0.25, 0.3) is 0 Å². The zero-order valence-electron chi connectivity index (χ0n) is 18.6. The van der Waals surface area contributed by atoms with Gasteiger partial charge in [-0.05, 0) is 25.0 Å². The fraction of sp³-hybridized carbons (Fsp3) is 0.364. The Morgan fingerprint density at radius 3 is 2.59 bits per heavy atom. The molecule has 0 aliphatic carbocycles. The number of hydrogen-bond acceptors (Lipinski definition) is 7. The fourth-order valence-electron chi connectivity index (χ4n) is 3.49. The van der Waals surface area contributed by atoms with Crippen molar-refractivity contribution in [3.8, 4) is 0 Å². The lowest BCUT2D eigenvalue weighted by Gasteiger charge is -2.34. The molecule has 0 radical (unpaired) electrons. The van der Waals surface area contributed by atoms with Gasteiger partial charge in [0, 0.05) is 36.8 Å². The molecule has 1 fully saturated rings. The molecular weight excluding hydrogens is 458 g/mol. The molecule has 1 aliphatic heterocycles. The van der Waals surface area contributed by atoms with E-state index in [1.807, 2.05) is 6.07 Å². The number of nitrogens with two attached hydrogens (primary N) is 2. The van der Waals surface area contributed by atoms with Crippen molar-refractivity contribution in [2.24, 2.45) is 16.5 Å². The monoisotopic (exact) mass is 485 g/mol. The van der Waals surface area contributed by atoms with Gasteiger partial charge in [-0.15, -0.1) is 11.3 Å². The van der Waals surface area contributed by atoms with E-state index in [1.54, 1.807) is 29.6 Å². The van der Waals surface area contributed by atoms with E-state index >= 15 is 0 Å². The van der Waals surface area contributed by atoms with E-state index in [0.29, 0.717) is 31.5 Å². The van der Waals surface area contributed by atoms with Gasteiger partial charge in [0.15, 0.2) is 11.0 Å². The van der Waals surface area contributed by atoms with Crippen molar-refractivity contribution in [1.29, 1.82) is 0 Å². The van der Waals surface area contributed by atoms with E-state index in [0.717, 1.165) is 0 Å². The number of aromatic nitrogens is 1. The molecule has 34 heavy (non-hydrogen) atoms. The summed E-state index contributed by atoms with van der Waals surface area (Å²) in [6, 6.07) is 7.90. The molecule has 0 spiro atoms. The summed E-state index contributed by atoms with van der Waals surface area (Å²) >= 11 is 1.19. The minimum atomic E-state index is -0.816. The number of piperazine rings is 1. The second kappa shape index (κ2) is 11.9. The number of guanidine groups is 1. The number of amides is 3. The highest BCUT2D eigenvalue weighted by Crippen LogP contribution is 2.12. The van der Waals surface area contributed by atoms with Gasteiger partial charge in [-0.25, -0.2) is 4.98 Å². The molecule has 1 aliphatic rings. The maximum atomic E-state index is 12.8. The Morgan fingerprint density at radius 2 is 1.94 bits per heavy atom. The highest BCUT2D eigenvalue weighted by molar-refractivity contribution is 7.11. The average molecular weight is 486 g/mol. The molecule has 11 nitrogen and oxygen atoms in total. The number of Topliss-reactive ketones (excluding diaryl/α,β-unsaturated/α-hetero) is 1. The van der Waals surface area contributed by atoms with Gasteiger partial charge >= 0.3 is 0 Å². The number of thiazole rings is 1. The van der Waals surface area contributed by atoms with Crippen LogP contribution >= 0.6 is 11.3 Å². The van der Waals surface area contributed by atoms with Gasteiger partial charge in [-0.1, -0.05) is 18.2 Å². The van der Waals surface area contributed by atoms with E-state index in [1.165, 1.54) is 27.3 Å². The van der Waals surface area contributed by atoms with Crippen LogP contribution in [0, 0.1) is 0 Å². The predicted molar refractivity (Wildman–Crippen MR) is 127 cm³/mol. The van der Waals surface area contributed by atoms with Crippen LogP contribution in [0.3, 0.4) is 0 Å². The van der Waals surface area contributed by atoms with E-state index in [-0.39, 0.29) is 48.2 Å². The summed E-state index contributed by atoms with van der Waals surface area (Å²) in [6.07, 6.45) is 2.30. The topological polar surface area (TPSA) is 164 Å². The SMILES string of the molecule is NC(N)=NCCC[C@@H](NC(=O)CN1CCN(C(=O)c2ccccc2)CC1=O)C(=O)c1nccs1. The lowest BCUT2D eigenvalue weighted by Crippen LogP contribution is -2.55. The summed E-state index contributed by atoms with van der Waals surface area (Å²) in [5.41, 5.74) is 11.2. The number of carbonyl (C=O) groups excluding carboxylic acids is 4. The number of aliphatic imine (C=N–C) groups is 1. The lowest BCUT2D eigenvalue weighted by molar-refractivity contribution is -0.139. The van der Waals surface area contributed by atoms with E-state index in [9.17, 15) is 19.2 Å². The van der Waals surface area contributed by atoms with Crippen molar-refractivity contribution in [3.05, 3.63) is 52.5 Å². The van der Waals surface area contributed by atoms with Crippen LogP contribution in [0.1, 0.15) is 33.0 Å². The molecule has 3 rings (SSSR count). The normalized spacial score (nSPS) is 14.4. The molecule has 1 aromatic carbocycles. The minimum absolute atomic E-state index is 0.0461. The number of carbonyl (C=O) groups is 4. The fourth-order valence-corrected chi connectivity index (χ4v) is 4.12. The molecule has 180 valence electrons. The summed E-state index contributed by atoms with van der Waals surface area (Å²) in [5.74, 6) is -1.38. The summed E-state index contributed by atoms with van der Waals surface area (Å²) in [5, 5.41) is 4.68. The maximum Gasteiger partial charge on any atom is 0.254 e. The van der Waals surface area contributed by atoms with Crippen molar-refractivity contribution in [3.63, 3.8) is 0 Å². The van der Waals surface area contributed by atoms with Crippen LogP contribution in [0.2, 0.25) is 0 Å². The van der Waals surface area contributed by atoms with Gasteiger partial charge in [0.25, 0.3) is 5.91 Å². The Bertz CT molecular complexity index is 1040. The number of nitrogens with one attached hydrogen (secondary N) is 1. The lowest BCUT2D eigenvalue weighted by atomic mass is 10.1. The first-order valence-electron chi connectivity index (χ1n) is 10.8. The number of rotatable bonds is 10. The van der Waals surface area contributed by atoms with Gasteiger partial charge in [0.05, 0.1) is 12.6 Å². The van der Waals surface area contributed by atoms with Crippen LogP contribution in [0.15, 0.2) is 46.9 Å². The molecule has 1 saturated heterocycles. The van der Waals surface area contributed by atoms with Gasteiger partial charge in [0.1, 0.15) is 6.54 Å². The summed E-state index contributed by atoms with van der Waals surface area (Å²) in [6.45, 7) is 0.533. The van der Waals surface area contributed by atoms with E-state index < -0.39 is 11.9 Å². The molecule has 2 aromatic rings. The third-order valence-corrected chi connectivity index (χ3v) is 5.99. The van der Waals surface area contributed by atoms with Gasteiger partial charge in [0.2, 0.25) is 17.6 Å². The van der Waals surface area contributed by atoms with Gasteiger partial charge in [-0.3, -0.25) is 24.2 Å². The van der Waals surface area contributed by atoms with Crippen molar-refractivity contribution in [2.45, 2.75) is 18.9 Å². The summed E-state index contributed by atoms with van der Waals surface area (Å²) in [4.78, 5) is 61.4. The maximum absolute atomic E-state index is 12.8. The zero-order chi connectivity index (χ0) is 24.5. The number of ketones is 1. The molecule has 0 saturated carbocycles. The Labute approximate surface area is 200 Å². The molecule has 2 heterocycles. The summed E-state index contributed by atoms with van der Waals surface area (Å²) in [7, 11) is 0. The third kappa shape index (κ3) is 6.85. The highest BCUT2D eigenvalue weighted by atomic mass is 32.1. The number of hydrogen-bond donors (Lipinski definition) is 3. The van der Waals surface area contributed by atoms with Crippen LogP contribution < -0.4 is 16.8 Å². The van der Waals surface area contributed by atoms with Gasteiger partial charge in [-0.2, -0.15) is 0 Å². The standard InChI is InChI=1S/C22H27N7O4S/c23-22(24)26-8-4-7-16(19(32)20-25-9-12-34-20)27-17(30)13-28-10-11-29(14-18(28)31)21(33)15-5-2-1-3-6-15/h1-3,5-6,9,12,16H,4,7-8,10-11,13-14H2,(H,27,30)(H4,23,24,26)/t16-/m1/s1. The van der Waals surface area contributed by atoms with E-state index in [4.69, 9.17) is 11.5 Å². The van der Waals surface area contributed by atoms with Crippen molar-refractivity contribution < 1.29 is 19.2 Å². The largest absolute Gasteiger partial charge is 0.370 e. The molecule has 0 unspecified atom stereocenters. The molecule has 12 heteroatoms. The summed E-state index contributed by atoms with van der Waals surface area (Å²) < 4.78 is 0. The van der Waals surface area contributed by atoms with Gasteiger partial charge < -0.3 is 26.6 Å². The second-order valence-corrected chi connectivity index (χ2v) is 8.57. The quantitative estimate of drug-likeness (QED) is 0.182. The Kier molecular flexibility index (Phi) is 8.68. The van der Waals surface area contributed by atoms with Crippen LogP contribution in [0.5, 0.6) is 0 Å². The highest BCUT2D eigenvalue weighted by Gasteiger charge is 2.30. The van der Waals surface area contributed by atoms with Crippen molar-refractivity contribution in [1.82, 2.24) is 20.1 Å². The van der Waals surface area contributed by atoms with E-state index in [2.05, 4.69) is 15.3 Å². The Morgan fingerprint density at radius 1 is 1.18 bits per heavy atom. The first kappa shape index (κ1) is 24.8. The average Bonchev–Trinajstić information content (AvgIpc) is 3.37. The van der Waals surface area contributed by atoms with Crippen molar-refractivity contribution >= 4 is 40.8 Å². The Hall–Kier alpha value is -3.80. The molecule has 0 bridgehead atoms. The number of benzene rings is 1. The smallest absolute Gasteiger partial charge is 0.254 e. The third-order valence-electron chi connectivity index (χ3n) is 5.20. The molecular formula is C22H27N7O4S. The first-order chi connectivity index (χ1) is 16.3. The van der Waals surface area contributed by atoms with Crippen LogP contribution in [-0.4, -0.2) is 83.0 Å². The molecule has 3 amide bonds. The first-order valence-corrected chi connectivity index (χ1v) is 11.6. The van der Waals surface area contributed by atoms with Crippen LogP contribution in [-0.2, 0) is 9.59 Å². The predicted octanol–water partition coefficient (Wildman–Crippen LogP) is -0.151. The number of nitrogens with zero attached hydrogens (tertiary/aromatic N) is 4. The zero-order valence-corrected chi connectivity index (χ0v) is 19.4. The molecule has 1 aromatic heterocycles.